The van der Waals surface area contributed by atoms with Gasteiger partial charge < -0.3 is 9.47 Å². The number of esters is 1. The number of methoxy groups -OCH3 is 1. The third kappa shape index (κ3) is 4.90. The fourth-order valence-corrected chi connectivity index (χ4v) is 4.88. The Kier molecular flexibility index (Phi) is 6.73. The molecule has 0 unspecified atom stereocenters. The second-order valence-corrected chi connectivity index (χ2v) is 10.2. The van der Waals surface area contributed by atoms with Crippen LogP contribution in [0.15, 0.2) is 97.1 Å². The standard InChI is InChI=1S/C34H31NO3/c1-22-19-23(2)32-29(20-22)30(21-31(35-32)24-11-15-27(37-5)16-12-24)33(36)38-28-17-13-26(14-18-28)34(3,4)25-9-7-6-8-10-25/h6-21H,1-5H3. The molecule has 190 valence electrons. The highest BCUT2D eigenvalue weighted by atomic mass is 16.5. The van der Waals surface area contributed by atoms with Crippen LogP contribution in [0, 0.1) is 13.8 Å². The number of rotatable bonds is 6. The summed E-state index contributed by atoms with van der Waals surface area (Å²) in [4.78, 5) is 18.5. The van der Waals surface area contributed by atoms with Crippen molar-refractivity contribution in [2.45, 2.75) is 33.1 Å². The third-order valence-electron chi connectivity index (χ3n) is 7.14. The van der Waals surface area contributed by atoms with Crippen molar-refractivity contribution in [1.82, 2.24) is 4.98 Å². The lowest BCUT2D eigenvalue weighted by Crippen LogP contribution is -2.18. The highest BCUT2D eigenvalue weighted by Crippen LogP contribution is 2.33. The van der Waals surface area contributed by atoms with Crippen LogP contribution < -0.4 is 9.47 Å². The van der Waals surface area contributed by atoms with E-state index in [2.05, 4.69) is 44.2 Å². The molecule has 0 saturated heterocycles. The van der Waals surface area contributed by atoms with E-state index in [0.717, 1.165) is 38.9 Å². The lowest BCUT2D eigenvalue weighted by Gasteiger charge is -2.26. The molecule has 4 heteroatoms. The smallest absolute Gasteiger partial charge is 0.344 e. The fraction of sp³-hybridized carbons (Fsp3) is 0.176. The number of hydrogen-bond donors (Lipinski definition) is 0. The summed E-state index contributed by atoms with van der Waals surface area (Å²) in [5.41, 5.74) is 7.15. The molecule has 0 aliphatic carbocycles. The summed E-state index contributed by atoms with van der Waals surface area (Å²) in [6.07, 6.45) is 0. The average Bonchev–Trinajstić information content (AvgIpc) is 2.93. The Morgan fingerprint density at radius 3 is 2.05 bits per heavy atom. The molecule has 4 aromatic carbocycles. The maximum atomic E-state index is 13.6. The van der Waals surface area contributed by atoms with Gasteiger partial charge in [-0.2, -0.15) is 0 Å². The van der Waals surface area contributed by atoms with Gasteiger partial charge in [0, 0.05) is 16.4 Å². The van der Waals surface area contributed by atoms with E-state index in [0.29, 0.717) is 17.0 Å². The number of aryl methyl sites for hydroxylation is 2. The summed E-state index contributed by atoms with van der Waals surface area (Å²) < 4.78 is 11.2. The molecule has 0 N–H and O–H groups in total. The lowest BCUT2D eigenvalue weighted by molar-refractivity contribution is 0.0736. The molecule has 4 nitrogen and oxygen atoms in total. The number of benzene rings is 4. The van der Waals surface area contributed by atoms with Gasteiger partial charge in [-0.3, -0.25) is 0 Å². The first-order chi connectivity index (χ1) is 18.3. The quantitative estimate of drug-likeness (QED) is 0.174. The van der Waals surface area contributed by atoms with Crippen molar-refractivity contribution in [1.29, 1.82) is 0 Å². The van der Waals surface area contributed by atoms with Crippen molar-refractivity contribution >= 4 is 16.9 Å². The van der Waals surface area contributed by atoms with Crippen LogP contribution in [-0.2, 0) is 5.41 Å². The van der Waals surface area contributed by atoms with Crippen molar-refractivity contribution in [2.75, 3.05) is 7.11 Å². The van der Waals surface area contributed by atoms with Crippen molar-refractivity contribution in [3.8, 4) is 22.8 Å². The summed E-state index contributed by atoms with van der Waals surface area (Å²) in [6, 6.07) is 31.7. The summed E-state index contributed by atoms with van der Waals surface area (Å²) >= 11 is 0. The molecule has 0 amide bonds. The van der Waals surface area contributed by atoms with Gasteiger partial charge in [-0.1, -0.05) is 67.9 Å². The molecule has 0 saturated carbocycles. The SMILES string of the molecule is COc1ccc(-c2cc(C(=O)Oc3ccc(C(C)(C)c4ccccc4)cc3)c3cc(C)cc(C)c3n2)cc1. The summed E-state index contributed by atoms with van der Waals surface area (Å²) in [6.45, 7) is 8.42. The number of nitrogens with zero attached hydrogens (tertiary/aromatic N) is 1. The monoisotopic (exact) mass is 501 g/mol. The lowest BCUT2D eigenvalue weighted by atomic mass is 9.78. The van der Waals surface area contributed by atoms with Crippen molar-refractivity contribution in [2.24, 2.45) is 0 Å². The van der Waals surface area contributed by atoms with Crippen LogP contribution in [0.4, 0.5) is 0 Å². The van der Waals surface area contributed by atoms with Crippen LogP contribution in [0.5, 0.6) is 11.5 Å². The molecule has 0 radical (unpaired) electrons. The Bertz CT molecular complexity index is 1600. The van der Waals surface area contributed by atoms with Crippen LogP contribution >= 0.6 is 0 Å². The molecule has 1 heterocycles. The van der Waals surface area contributed by atoms with Crippen LogP contribution in [0.25, 0.3) is 22.2 Å². The van der Waals surface area contributed by atoms with Crippen molar-refractivity contribution in [3.63, 3.8) is 0 Å². The first-order valence-electron chi connectivity index (χ1n) is 12.7. The highest BCUT2D eigenvalue weighted by molar-refractivity contribution is 6.06. The Labute approximate surface area is 223 Å². The van der Waals surface area contributed by atoms with Gasteiger partial charge in [0.15, 0.2) is 0 Å². The fourth-order valence-electron chi connectivity index (χ4n) is 4.88. The van der Waals surface area contributed by atoms with Gasteiger partial charge in [-0.15, -0.1) is 0 Å². The summed E-state index contributed by atoms with van der Waals surface area (Å²) in [5.74, 6) is 0.857. The zero-order valence-electron chi connectivity index (χ0n) is 22.4. The second-order valence-electron chi connectivity index (χ2n) is 10.2. The number of pyridine rings is 1. The largest absolute Gasteiger partial charge is 0.497 e. The molecule has 38 heavy (non-hydrogen) atoms. The number of aromatic nitrogens is 1. The average molecular weight is 502 g/mol. The Hall–Kier alpha value is -4.44. The molecule has 0 fully saturated rings. The van der Waals surface area contributed by atoms with Gasteiger partial charge in [-0.25, -0.2) is 9.78 Å². The number of hydrogen-bond acceptors (Lipinski definition) is 4. The predicted octanol–water partition coefficient (Wildman–Crippen LogP) is 8.07. The van der Waals surface area contributed by atoms with Crippen LogP contribution in [0.2, 0.25) is 0 Å². The minimum Gasteiger partial charge on any atom is -0.497 e. The highest BCUT2D eigenvalue weighted by Gasteiger charge is 2.23. The molecular formula is C34H31NO3. The predicted molar refractivity (Wildman–Crippen MR) is 153 cm³/mol. The first kappa shape index (κ1) is 25.2. The van der Waals surface area contributed by atoms with E-state index < -0.39 is 5.97 Å². The van der Waals surface area contributed by atoms with Gasteiger partial charge in [-0.05, 0) is 79.1 Å². The van der Waals surface area contributed by atoms with Crippen molar-refractivity contribution < 1.29 is 14.3 Å². The third-order valence-corrected chi connectivity index (χ3v) is 7.14. The van der Waals surface area contributed by atoms with Gasteiger partial charge in [0.05, 0.1) is 23.9 Å². The molecule has 0 aliphatic rings. The van der Waals surface area contributed by atoms with Crippen LogP contribution in [0.1, 0.15) is 46.5 Å². The zero-order valence-corrected chi connectivity index (χ0v) is 22.4. The number of carbonyl (C=O) groups excluding carboxylic acids is 1. The normalized spacial score (nSPS) is 11.4. The molecule has 0 aliphatic heterocycles. The Morgan fingerprint density at radius 1 is 0.763 bits per heavy atom. The van der Waals surface area contributed by atoms with Gasteiger partial charge in [0.1, 0.15) is 11.5 Å². The number of fused-ring (bicyclic) bond motifs is 1. The van der Waals surface area contributed by atoms with Gasteiger partial charge >= 0.3 is 5.97 Å². The molecule has 5 rings (SSSR count). The summed E-state index contributed by atoms with van der Waals surface area (Å²) in [5, 5.41) is 0.784. The number of carbonyl (C=O) groups is 1. The summed E-state index contributed by atoms with van der Waals surface area (Å²) in [7, 11) is 1.64. The minimum absolute atomic E-state index is 0.173. The Balaban J connectivity index is 1.50. The molecular weight excluding hydrogens is 470 g/mol. The second kappa shape index (κ2) is 10.1. The van der Waals surface area contributed by atoms with E-state index in [1.54, 1.807) is 7.11 Å². The zero-order chi connectivity index (χ0) is 26.9. The van der Waals surface area contributed by atoms with E-state index >= 15 is 0 Å². The Morgan fingerprint density at radius 2 is 1.39 bits per heavy atom. The minimum atomic E-state index is -0.410. The van der Waals surface area contributed by atoms with E-state index in [1.807, 2.05) is 80.6 Å². The van der Waals surface area contributed by atoms with E-state index in [4.69, 9.17) is 14.5 Å². The van der Waals surface area contributed by atoms with E-state index in [-0.39, 0.29) is 5.41 Å². The molecule has 0 spiro atoms. The maximum Gasteiger partial charge on any atom is 0.344 e. The van der Waals surface area contributed by atoms with Crippen LogP contribution in [-0.4, -0.2) is 18.1 Å². The molecule has 5 aromatic rings. The van der Waals surface area contributed by atoms with E-state index in [1.165, 1.54) is 5.56 Å². The topological polar surface area (TPSA) is 48.4 Å². The van der Waals surface area contributed by atoms with Crippen LogP contribution in [0.3, 0.4) is 0 Å². The molecule has 0 atom stereocenters. The van der Waals surface area contributed by atoms with E-state index in [9.17, 15) is 4.79 Å². The first-order valence-corrected chi connectivity index (χ1v) is 12.7. The van der Waals surface area contributed by atoms with Gasteiger partial charge in [0.2, 0.25) is 0 Å². The number of ether oxygens (including phenoxy) is 2. The molecule has 0 bridgehead atoms. The molecule has 1 aromatic heterocycles. The maximum absolute atomic E-state index is 13.6. The van der Waals surface area contributed by atoms with Gasteiger partial charge in [0.25, 0.3) is 0 Å². The van der Waals surface area contributed by atoms with Crippen molar-refractivity contribution in [3.05, 3.63) is 125 Å².